The molecular weight excluding hydrogens is 268 g/mol. The minimum absolute atomic E-state index is 0.0571. The van der Waals surface area contributed by atoms with Gasteiger partial charge in [-0.3, -0.25) is 0 Å². The van der Waals surface area contributed by atoms with Gasteiger partial charge in [0.25, 0.3) is 0 Å². The van der Waals surface area contributed by atoms with Crippen LogP contribution in [-0.2, 0) is 12.8 Å². The van der Waals surface area contributed by atoms with Crippen molar-refractivity contribution in [3.63, 3.8) is 0 Å². The first kappa shape index (κ1) is 14.1. The number of nitrogens with zero attached hydrogens (tertiary/aromatic N) is 3. The number of fused-ring (bicyclic) bond motifs is 1. The number of aromatic nitrogens is 2. The predicted octanol–water partition coefficient (Wildman–Crippen LogP) is 1.54. The maximum absolute atomic E-state index is 12.4. The van der Waals surface area contributed by atoms with Crippen molar-refractivity contribution in [3.8, 4) is 5.88 Å². The summed E-state index contributed by atoms with van der Waals surface area (Å²) in [5.41, 5.74) is 2.04. The van der Waals surface area contributed by atoms with Crippen LogP contribution in [0.3, 0.4) is 0 Å². The average Bonchev–Trinajstić information content (AvgIpc) is 2.90. The lowest BCUT2D eigenvalue weighted by Gasteiger charge is -2.23. The summed E-state index contributed by atoms with van der Waals surface area (Å²) in [6.07, 6.45) is 7.71. The molecule has 1 saturated carbocycles. The standard InChI is InChI=1S/C15H22N4O2/c1-21-14-12-6-8-19(9-7-13(12)16-10-17-14)15(20)18-11-4-2-3-5-11/h10-11H,2-9H2,1H3,(H,18,20). The largest absolute Gasteiger partial charge is 0.481 e. The monoisotopic (exact) mass is 290 g/mol. The number of methoxy groups -OCH3 is 1. The van der Waals surface area contributed by atoms with E-state index in [1.807, 2.05) is 4.90 Å². The molecule has 1 N–H and O–H groups in total. The van der Waals surface area contributed by atoms with Crippen molar-refractivity contribution in [2.24, 2.45) is 0 Å². The molecule has 1 aromatic heterocycles. The fourth-order valence-electron chi connectivity index (χ4n) is 3.21. The van der Waals surface area contributed by atoms with Crippen LogP contribution < -0.4 is 10.1 Å². The zero-order valence-corrected chi connectivity index (χ0v) is 12.5. The van der Waals surface area contributed by atoms with E-state index in [0.717, 1.165) is 36.9 Å². The molecule has 1 fully saturated rings. The smallest absolute Gasteiger partial charge is 0.317 e. The van der Waals surface area contributed by atoms with Gasteiger partial charge < -0.3 is 15.0 Å². The number of hydrogen-bond donors (Lipinski definition) is 1. The van der Waals surface area contributed by atoms with E-state index in [1.165, 1.54) is 19.2 Å². The fourth-order valence-corrected chi connectivity index (χ4v) is 3.21. The summed E-state index contributed by atoms with van der Waals surface area (Å²) < 4.78 is 5.30. The number of carbonyl (C=O) groups excluding carboxylic acids is 1. The number of urea groups is 1. The van der Waals surface area contributed by atoms with Gasteiger partial charge in [-0.15, -0.1) is 0 Å². The van der Waals surface area contributed by atoms with Crippen molar-refractivity contribution in [3.05, 3.63) is 17.6 Å². The molecule has 21 heavy (non-hydrogen) atoms. The van der Waals surface area contributed by atoms with Crippen LogP contribution in [0.5, 0.6) is 5.88 Å². The van der Waals surface area contributed by atoms with E-state index in [4.69, 9.17) is 4.74 Å². The quantitative estimate of drug-likeness (QED) is 0.897. The van der Waals surface area contributed by atoms with Crippen molar-refractivity contribution in [1.82, 2.24) is 20.2 Å². The van der Waals surface area contributed by atoms with E-state index in [2.05, 4.69) is 15.3 Å². The number of rotatable bonds is 2. The van der Waals surface area contributed by atoms with E-state index >= 15 is 0 Å². The van der Waals surface area contributed by atoms with Crippen LogP contribution >= 0.6 is 0 Å². The Kier molecular flexibility index (Phi) is 4.22. The van der Waals surface area contributed by atoms with Crippen molar-refractivity contribution in [1.29, 1.82) is 0 Å². The van der Waals surface area contributed by atoms with Gasteiger partial charge in [0.05, 0.1) is 12.8 Å². The fraction of sp³-hybridized carbons (Fsp3) is 0.667. The third kappa shape index (κ3) is 3.09. The van der Waals surface area contributed by atoms with E-state index in [-0.39, 0.29) is 6.03 Å². The van der Waals surface area contributed by atoms with Gasteiger partial charge in [0.15, 0.2) is 0 Å². The molecule has 3 rings (SSSR count). The van der Waals surface area contributed by atoms with E-state index in [9.17, 15) is 4.79 Å². The lowest BCUT2D eigenvalue weighted by molar-refractivity contribution is 0.196. The molecule has 6 heteroatoms. The second kappa shape index (κ2) is 6.28. The number of carbonyl (C=O) groups is 1. The van der Waals surface area contributed by atoms with Gasteiger partial charge in [-0.25, -0.2) is 14.8 Å². The lowest BCUT2D eigenvalue weighted by atomic mass is 10.1. The Labute approximate surface area is 124 Å². The third-order valence-electron chi connectivity index (χ3n) is 4.41. The number of nitrogens with one attached hydrogen (secondary N) is 1. The predicted molar refractivity (Wildman–Crippen MR) is 78.4 cm³/mol. The molecule has 0 bridgehead atoms. The third-order valence-corrected chi connectivity index (χ3v) is 4.41. The molecule has 1 aliphatic carbocycles. The summed E-state index contributed by atoms with van der Waals surface area (Å²) in [7, 11) is 1.62. The van der Waals surface area contributed by atoms with Gasteiger partial charge in [0, 0.05) is 31.1 Å². The van der Waals surface area contributed by atoms with Gasteiger partial charge in [0.2, 0.25) is 5.88 Å². The molecular formula is C15H22N4O2. The minimum atomic E-state index is 0.0571. The second-order valence-electron chi connectivity index (χ2n) is 5.73. The van der Waals surface area contributed by atoms with Crippen LogP contribution in [0.1, 0.15) is 36.9 Å². The lowest BCUT2D eigenvalue weighted by Crippen LogP contribution is -2.45. The molecule has 1 aromatic rings. The van der Waals surface area contributed by atoms with Crippen molar-refractivity contribution >= 4 is 6.03 Å². The van der Waals surface area contributed by atoms with E-state index < -0.39 is 0 Å². The Morgan fingerprint density at radius 1 is 1.29 bits per heavy atom. The summed E-state index contributed by atoms with van der Waals surface area (Å²) >= 11 is 0. The maximum atomic E-state index is 12.4. The normalized spacial score (nSPS) is 19.0. The molecule has 0 radical (unpaired) electrons. The molecule has 2 heterocycles. The SMILES string of the molecule is COc1ncnc2c1CCN(C(=O)NC1CCCC1)CC2. The van der Waals surface area contributed by atoms with Crippen LogP contribution in [0.2, 0.25) is 0 Å². The Hall–Kier alpha value is -1.85. The molecule has 0 aromatic carbocycles. The molecule has 0 unspecified atom stereocenters. The minimum Gasteiger partial charge on any atom is -0.481 e. The van der Waals surface area contributed by atoms with Gasteiger partial charge in [-0.2, -0.15) is 0 Å². The Morgan fingerprint density at radius 3 is 2.81 bits per heavy atom. The second-order valence-corrected chi connectivity index (χ2v) is 5.73. The van der Waals surface area contributed by atoms with Crippen LogP contribution in [0.25, 0.3) is 0 Å². The highest BCUT2D eigenvalue weighted by atomic mass is 16.5. The van der Waals surface area contributed by atoms with Crippen molar-refractivity contribution < 1.29 is 9.53 Å². The maximum Gasteiger partial charge on any atom is 0.317 e. The van der Waals surface area contributed by atoms with Gasteiger partial charge in [-0.1, -0.05) is 12.8 Å². The highest BCUT2D eigenvalue weighted by Gasteiger charge is 2.24. The Bertz CT molecular complexity index is 514. The van der Waals surface area contributed by atoms with Crippen LogP contribution in [-0.4, -0.2) is 47.1 Å². The zero-order chi connectivity index (χ0) is 14.7. The summed E-state index contributed by atoms with van der Waals surface area (Å²) in [5, 5.41) is 3.15. The summed E-state index contributed by atoms with van der Waals surface area (Å²) in [6, 6.07) is 0.416. The van der Waals surface area contributed by atoms with E-state index in [0.29, 0.717) is 25.0 Å². The first-order valence-electron chi connectivity index (χ1n) is 7.70. The van der Waals surface area contributed by atoms with Crippen molar-refractivity contribution in [2.75, 3.05) is 20.2 Å². The Morgan fingerprint density at radius 2 is 2.05 bits per heavy atom. The van der Waals surface area contributed by atoms with E-state index in [1.54, 1.807) is 7.11 Å². The van der Waals surface area contributed by atoms with Gasteiger partial charge in [0.1, 0.15) is 6.33 Å². The zero-order valence-electron chi connectivity index (χ0n) is 12.5. The van der Waals surface area contributed by atoms with Gasteiger partial charge in [-0.05, 0) is 19.3 Å². The molecule has 2 aliphatic rings. The molecule has 0 saturated heterocycles. The summed E-state index contributed by atoms with van der Waals surface area (Å²) in [4.78, 5) is 22.7. The molecule has 0 spiro atoms. The number of amides is 2. The van der Waals surface area contributed by atoms with Crippen LogP contribution in [0.4, 0.5) is 4.79 Å². The molecule has 1 aliphatic heterocycles. The summed E-state index contributed by atoms with van der Waals surface area (Å²) in [6.45, 7) is 1.39. The Balaban J connectivity index is 1.65. The topological polar surface area (TPSA) is 67.4 Å². The highest BCUT2D eigenvalue weighted by molar-refractivity contribution is 5.74. The average molecular weight is 290 g/mol. The van der Waals surface area contributed by atoms with Crippen LogP contribution in [0.15, 0.2) is 6.33 Å². The van der Waals surface area contributed by atoms with Crippen molar-refractivity contribution in [2.45, 2.75) is 44.6 Å². The molecule has 0 atom stereocenters. The van der Waals surface area contributed by atoms with Crippen LogP contribution in [0, 0.1) is 0 Å². The number of hydrogen-bond acceptors (Lipinski definition) is 4. The number of ether oxygens (including phenoxy) is 1. The highest BCUT2D eigenvalue weighted by Crippen LogP contribution is 2.22. The molecule has 6 nitrogen and oxygen atoms in total. The summed E-state index contributed by atoms with van der Waals surface area (Å²) in [5.74, 6) is 0.637. The van der Waals surface area contributed by atoms with Gasteiger partial charge >= 0.3 is 6.03 Å². The first-order chi connectivity index (χ1) is 10.3. The first-order valence-corrected chi connectivity index (χ1v) is 7.70. The molecule has 2 amide bonds. The molecule has 114 valence electrons.